The van der Waals surface area contributed by atoms with Crippen LogP contribution in [0.25, 0.3) is 22.5 Å². The fourth-order valence-corrected chi connectivity index (χ4v) is 4.06. The van der Waals surface area contributed by atoms with Gasteiger partial charge >= 0.3 is 5.69 Å². The van der Waals surface area contributed by atoms with Crippen molar-refractivity contribution < 1.29 is 9.90 Å². The summed E-state index contributed by atoms with van der Waals surface area (Å²) in [6.07, 6.45) is 1.27. The Balaban J connectivity index is 1.63. The molecule has 0 atom stereocenters. The topological polar surface area (TPSA) is 108 Å². The molecule has 8 nitrogen and oxygen atoms in total. The maximum absolute atomic E-state index is 13.3. The van der Waals surface area contributed by atoms with Crippen molar-refractivity contribution >= 4 is 34.2 Å². The molecule has 0 saturated carbocycles. The number of benzene rings is 3. The zero-order valence-corrected chi connectivity index (χ0v) is 18.4. The predicted molar refractivity (Wildman–Crippen MR) is 132 cm³/mol. The van der Waals surface area contributed by atoms with Crippen LogP contribution >= 0.6 is 0 Å². The smallest absolute Gasteiger partial charge is 0.335 e. The minimum atomic E-state index is -0.803. The lowest BCUT2D eigenvalue weighted by atomic mass is 10.1. The number of rotatable bonds is 3. The number of hydrogen-bond donors (Lipinski definition) is 2. The lowest BCUT2D eigenvalue weighted by Crippen LogP contribution is -2.30. The van der Waals surface area contributed by atoms with Crippen molar-refractivity contribution in [1.29, 1.82) is 0 Å². The molecule has 2 N–H and O–H groups in total. The van der Waals surface area contributed by atoms with E-state index < -0.39 is 23.0 Å². The SMILES string of the molecule is CC1=NN(c2cccc3ccccc23)C(=O)/C1=C/c1c(O)n(-c2cccc(C)c2)c(=O)[nH]c1=O. The Bertz CT molecular complexity index is 1650. The first-order valence-electron chi connectivity index (χ1n) is 10.6. The molecule has 0 aliphatic carbocycles. The number of hydrogen-bond acceptors (Lipinski definition) is 5. The summed E-state index contributed by atoms with van der Waals surface area (Å²) in [7, 11) is 0. The molecule has 0 fully saturated rings. The molecule has 168 valence electrons. The number of anilines is 1. The van der Waals surface area contributed by atoms with Crippen LogP contribution in [0.2, 0.25) is 0 Å². The van der Waals surface area contributed by atoms with Crippen LogP contribution in [0.3, 0.4) is 0 Å². The quantitative estimate of drug-likeness (QED) is 0.464. The molecule has 34 heavy (non-hydrogen) atoms. The molecule has 0 unspecified atom stereocenters. The van der Waals surface area contributed by atoms with Crippen LogP contribution in [0.15, 0.2) is 87.0 Å². The van der Waals surface area contributed by atoms with E-state index in [1.54, 1.807) is 31.2 Å². The van der Waals surface area contributed by atoms with Gasteiger partial charge in [-0.1, -0.05) is 48.5 Å². The number of carbonyl (C=O) groups is 1. The number of hydrazone groups is 1. The Hall–Kier alpha value is -4.72. The summed E-state index contributed by atoms with van der Waals surface area (Å²) >= 11 is 0. The summed E-state index contributed by atoms with van der Waals surface area (Å²) in [5.41, 5.74) is 0.591. The molecular formula is C26H20N4O4. The van der Waals surface area contributed by atoms with Crippen LogP contribution in [0.5, 0.6) is 5.88 Å². The number of fused-ring (bicyclic) bond motifs is 1. The summed E-state index contributed by atoms with van der Waals surface area (Å²) in [6.45, 7) is 3.50. The number of carbonyl (C=O) groups excluding carboxylic acids is 1. The van der Waals surface area contributed by atoms with E-state index >= 15 is 0 Å². The second-order valence-electron chi connectivity index (χ2n) is 8.03. The third-order valence-electron chi connectivity index (χ3n) is 5.73. The van der Waals surface area contributed by atoms with Crippen LogP contribution in [-0.2, 0) is 4.79 Å². The van der Waals surface area contributed by atoms with Gasteiger partial charge in [0.1, 0.15) is 5.56 Å². The molecule has 4 aromatic rings. The van der Waals surface area contributed by atoms with Crippen molar-refractivity contribution in [1.82, 2.24) is 9.55 Å². The van der Waals surface area contributed by atoms with Crippen molar-refractivity contribution in [2.24, 2.45) is 5.10 Å². The summed E-state index contributed by atoms with van der Waals surface area (Å²) in [4.78, 5) is 40.6. The molecule has 2 heterocycles. The number of aromatic nitrogens is 2. The molecule has 8 heteroatoms. The summed E-state index contributed by atoms with van der Waals surface area (Å²) in [6, 6.07) is 20.1. The fourth-order valence-electron chi connectivity index (χ4n) is 4.06. The molecule has 0 spiro atoms. The Kier molecular flexibility index (Phi) is 4.98. The number of aryl methyl sites for hydroxylation is 1. The fraction of sp³-hybridized carbons (Fsp3) is 0.0769. The van der Waals surface area contributed by atoms with Gasteiger partial charge in [-0.25, -0.2) is 9.36 Å². The van der Waals surface area contributed by atoms with Crippen molar-refractivity contribution in [2.75, 3.05) is 5.01 Å². The van der Waals surface area contributed by atoms with Crippen molar-refractivity contribution in [3.05, 3.63) is 104 Å². The van der Waals surface area contributed by atoms with Gasteiger partial charge in [0, 0.05) is 5.39 Å². The monoisotopic (exact) mass is 452 g/mol. The normalized spacial score (nSPS) is 14.8. The third kappa shape index (κ3) is 3.41. The maximum Gasteiger partial charge on any atom is 0.335 e. The molecule has 1 amide bonds. The number of nitrogens with zero attached hydrogens (tertiary/aromatic N) is 3. The van der Waals surface area contributed by atoms with Gasteiger partial charge in [0.2, 0.25) is 5.88 Å². The molecule has 1 aliphatic rings. The number of nitrogens with one attached hydrogen (secondary N) is 1. The van der Waals surface area contributed by atoms with Gasteiger partial charge in [0.25, 0.3) is 11.5 Å². The van der Waals surface area contributed by atoms with Crippen molar-refractivity contribution in [3.63, 3.8) is 0 Å². The van der Waals surface area contributed by atoms with Gasteiger partial charge in [-0.05, 0) is 49.1 Å². The van der Waals surface area contributed by atoms with E-state index in [0.717, 1.165) is 20.9 Å². The van der Waals surface area contributed by atoms with Crippen molar-refractivity contribution in [2.45, 2.75) is 13.8 Å². The minimum Gasteiger partial charge on any atom is -0.494 e. The molecule has 1 aliphatic heterocycles. The van der Waals surface area contributed by atoms with Gasteiger partial charge in [0.15, 0.2) is 0 Å². The van der Waals surface area contributed by atoms with Gasteiger partial charge in [-0.15, -0.1) is 0 Å². The summed E-state index contributed by atoms with van der Waals surface area (Å²) < 4.78 is 0.995. The lowest BCUT2D eigenvalue weighted by Gasteiger charge is -2.14. The highest BCUT2D eigenvalue weighted by Crippen LogP contribution is 2.32. The zero-order chi connectivity index (χ0) is 24.0. The summed E-state index contributed by atoms with van der Waals surface area (Å²) in [5, 5.41) is 18.4. The van der Waals surface area contributed by atoms with E-state index in [9.17, 15) is 19.5 Å². The highest BCUT2D eigenvalue weighted by Gasteiger charge is 2.30. The largest absolute Gasteiger partial charge is 0.494 e. The highest BCUT2D eigenvalue weighted by molar-refractivity contribution is 6.33. The molecule has 0 radical (unpaired) electrons. The lowest BCUT2D eigenvalue weighted by molar-refractivity contribution is -0.114. The maximum atomic E-state index is 13.3. The van der Waals surface area contributed by atoms with Crippen molar-refractivity contribution in [3.8, 4) is 11.6 Å². The van der Waals surface area contributed by atoms with Gasteiger partial charge < -0.3 is 5.11 Å². The Labute approximate surface area is 193 Å². The van der Waals surface area contributed by atoms with E-state index in [2.05, 4.69) is 10.1 Å². The first kappa shape index (κ1) is 21.1. The van der Waals surface area contributed by atoms with Gasteiger partial charge in [-0.2, -0.15) is 10.1 Å². The zero-order valence-electron chi connectivity index (χ0n) is 18.4. The molecule has 0 saturated heterocycles. The van der Waals surface area contributed by atoms with E-state index in [-0.39, 0.29) is 11.1 Å². The molecule has 0 bridgehead atoms. The van der Waals surface area contributed by atoms with E-state index in [1.165, 1.54) is 11.1 Å². The predicted octanol–water partition coefficient (Wildman–Crippen LogP) is 3.50. The Morgan fingerprint density at radius 2 is 1.68 bits per heavy atom. The molecule has 1 aromatic heterocycles. The number of aromatic hydroxyl groups is 1. The minimum absolute atomic E-state index is 0.142. The number of aromatic amines is 1. The molecule has 3 aromatic carbocycles. The average molecular weight is 452 g/mol. The Morgan fingerprint density at radius 1 is 0.941 bits per heavy atom. The first-order valence-corrected chi connectivity index (χ1v) is 10.6. The second kappa shape index (κ2) is 8.00. The number of amides is 1. The summed E-state index contributed by atoms with van der Waals surface area (Å²) in [5.74, 6) is -1.00. The van der Waals surface area contributed by atoms with E-state index in [1.807, 2.05) is 49.4 Å². The standard InChI is InChI=1S/C26H20N4O4/c1-15-7-5-10-18(13-15)29-24(32)21(23(31)27-26(29)34)14-20-16(2)28-30(25(20)33)22-12-6-9-17-8-3-4-11-19(17)22/h3-14,32H,1-2H3,(H,27,31,34)/b20-14+. The Morgan fingerprint density at radius 3 is 2.47 bits per heavy atom. The van der Waals surface area contributed by atoms with Gasteiger partial charge in [0.05, 0.1) is 22.7 Å². The third-order valence-corrected chi connectivity index (χ3v) is 5.73. The van der Waals surface area contributed by atoms with Gasteiger partial charge in [-0.3, -0.25) is 14.6 Å². The van der Waals surface area contributed by atoms with Crippen LogP contribution in [-0.4, -0.2) is 26.3 Å². The highest BCUT2D eigenvalue weighted by atomic mass is 16.3. The average Bonchev–Trinajstić information content (AvgIpc) is 3.09. The number of H-pyrrole nitrogens is 1. The first-order chi connectivity index (χ1) is 16.3. The van der Waals surface area contributed by atoms with Crippen LogP contribution in [0.4, 0.5) is 5.69 Å². The van der Waals surface area contributed by atoms with Crippen LogP contribution < -0.4 is 16.3 Å². The second-order valence-corrected chi connectivity index (χ2v) is 8.03. The van der Waals surface area contributed by atoms with E-state index in [0.29, 0.717) is 17.1 Å². The van der Waals surface area contributed by atoms with Crippen LogP contribution in [0.1, 0.15) is 18.1 Å². The molecular weight excluding hydrogens is 432 g/mol. The van der Waals surface area contributed by atoms with E-state index in [4.69, 9.17) is 0 Å². The molecule has 5 rings (SSSR count). The van der Waals surface area contributed by atoms with Crippen LogP contribution in [0, 0.1) is 6.92 Å².